The summed E-state index contributed by atoms with van der Waals surface area (Å²) < 4.78 is 3.00. The number of thiophene rings is 1. The Hall–Kier alpha value is -0.650. The monoisotopic (exact) mass is 327 g/mol. The fourth-order valence-electron chi connectivity index (χ4n) is 1.81. The van der Waals surface area contributed by atoms with Crippen LogP contribution in [-0.2, 0) is 13.6 Å². The van der Waals surface area contributed by atoms with Crippen molar-refractivity contribution in [1.82, 2.24) is 15.1 Å². The highest BCUT2D eigenvalue weighted by molar-refractivity contribution is 9.10. The summed E-state index contributed by atoms with van der Waals surface area (Å²) in [5.74, 6) is 0.668. The Balaban J connectivity index is 2.15. The molecule has 2 rings (SSSR count). The molecule has 0 saturated carbocycles. The summed E-state index contributed by atoms with van der Waals surface area (Å²) in [6.45, 7) is 6.33. The van der Waals surface area contributed by atoms with Gasteiger partial charge in [0.15, 0.2) is 0 Å². The summed E-state index contributed by atoms with van der Waals surface area (Å²) in [5, 5.41) is 10.1. The van der Waals surface area contributed by atoms with Crippen LogP contribution in [0.15, 0.2) is 22.1 Å². The van der Waals surface area contributed by atoms with E-state index in [0.29, 0.717) is 5.92 Å². The molecule has 1 N–H and O–H groups in total. The lowest BCUT2D eigenvalue weighted by Gasteiger charge is -2.06. The second kappa shape index (κ2) is 5.99. The molecular formula is C13H18BrN3S. The summed E-state index contributed by atoms with van der Waals surface area (Å²) in [5.41, 5.74) is 2.34. The lowest BCUT2D eigenvalue weighted by atomic mass is 10.2. The van der Waals surface area contributed by atoms with Crippen LogP contribution in [0.5, 0.6) is 0 Å². The smallest absolute Gasteiger partial charge is 0.107 e. The molecule has 0 atom stereocenters. The van der Waals surface area contributed by atoms with Gasteiger partial charge in [0.25, 0.3) is 0 Å². The van der Waals surface area contributed by atoms with Crippen LogP contribution in [0, 0.1) is 5.92 Å². The molecule has 0 bridgehead atoms. The van der Waals surface area contributed by atoms with Crippen molar-refractivity contribution in [3.63, 3.8) is 0 Å². The zero-order chi connectivity index (χ0) is 13.1. The van der Waals surface area contributed by atoms with E-state index in [9.17, 15) is 0 Å². The summed E-state index contributed by atoms with van der Waals surface area (Å²) in [7, 11) is 1.97. The lowest BCUT2D eigenvalue weighted by molar-refractivity contribution is 0.552. The first-order valence-corrected chi connectivity index (χ1v) is 7.71. The topological polar surface area (TPSA) is 29.9 Å². The lowest BCUT2D eigenvalue weighted by Crippen LogP contribution is -2.19. The molecule has 2 aromatic heterocycles. The van der Waals surface area contributed by atoms with E-state index in [1.165, 1.54) is 10.4 Å². The Bertz CT molecular complexity index is 516. The van der Waals surface area contributed by atoms with Gasteiger partial charge in [-0.25, -0.2) is 0 Å². The Morgan fingerprint density at radius 1 is 1.50 bits per heavy atom. The van der Waals surface area contributed by atoms with Crippen molar-refractivity contribution in [3.05, 3.63) is 27.7 Å². The van der Waals surface area contributed by atoms with Crippen molar-refractivity contribution >= 4 is 27.3 Å². The molecule has 0 aliphatic rings. The Morgan fingerprint density at radius 3 is 2.89 bits per heavy atom. The van der Waals surface area contributed by atoms with Gasteiger partial charge in [-0.2, -0.15) is 5.10 Å². The molecule has 0 unspecified atom stereocenters. The molecule has 2 heterocycles. The number of aryl methyl sites for hydroxylation is 1. The van der Waals surface area contributed by atoms with Crippen molar-refractivity contribution in [2.45, 2.75) is 20.4 Å². The van der Waals surface area contributed by atoms with Crippen LogP contribution in [0.3, 0.4) is 0 Å². The molecule has 5 heteroatoms. The van der Waals surface area contributed by atoms with Gasteiger partial charge in [-0.05, 0) is 34.5 Å². The summed E-state index contributed by atoms with van der Waals surface area (Å²) in [6, 6.07) is 2.12. The molecule has 18 heavy (non-hydrogen) atoms. The van der Waals surface area contributed by atoms with Gasteiger partial charge < -0.3 is 5.32 Å². The van der Waals surface area contributed by atoms with Crippen molar-refractivity contribution in [1.29, 1.82) is 0 Å². The summed E-state index contributed by atoms with van der Waals surface area (Å²) in [4.78, 5) is 1.21. The summed E-state index contributed by atoms with van der Waals surface area (Å²) in [6.07, 6.45) is 2.09. The normalized spacial score (nSPS) is 11.4. The zero-order valence-corrected chi connectivity index (χ0v) is 13.3. The van der Waals surface area contributed by atoms with E-state index in [0.717, 1.165) is 23.3 Å². The van der Waals surface area contributed by atoms with Gasteiger partial charge in [0, 0.05) is 35.2 Å². The van der Waals surface area contributed by atoms with E-state index in [-0.39, 0.29) is 0 Å². The fraction of sp³-hybridized carbons (Fsp3) is 0.462. The fourth-order valence-corrected chi connectivity index (χ4v) is 3.25. The van der Waals surface area contributed by atoms with Gasteiger partial charge in [0.05, 0.1) is 4.88 Å². The first kappa shape index (κ1) is 13.8. The van der Waals surface area contributed by atoms with E-state index >= 15 is 0 Å². The van der Waals surface area contributed by atoms with Gasteiger partial charge >= 0.3 is 0 Å². The van der Waals surface area contributed by atoms with Gasteiger partial charge in [0.1, 0.15) is 5.69 Å². The van der Waals surface area contributed by atoms with Gasteiger partial charge in [0.2, 0.25) is 0 Å². The van der Waals surface area contributed by atoms with Gasteiger partial charge in [-0.3, -0.25) is 4.68 Å². The average molecular weight is 328 g/mol. The average Bonchev–Trinajstić information content (AvgIpc) is 2.84. The second-order valence-corrected chi connectivity index (χ2v) is 6.66. The zero-order valence-electron chi connectivity index (χ0n) is 10.9. The number of aromatic nitrogens is 2. The maximum Gasteiger partial charge on any atom is 0.107 e. The minimum absolute atomic E-state index is 0.668. The minimum atomic E-state index is 0.668. The standard InChI is InChI=1S/C13H18BrN3S/c1-9(2)5-15-6-10-7-17(3)16-13(10)12-4-11(14)8-18-12/h4,7-9,15H,5-6H2,1-3H3. The van der Waals surface area contributed by atoms with Crippen molar-refractivity contribution in [2.24, 2.45) is 13.0 Å². The molecule has 0 radical (unpaired) electrons. The number of nitrogens with one attached hydrogen (secondary N) is 1. The Morgan fingerprint density at radius 2 is 2.28 bits per heavy atom. The second-order valence-electron chi connectivity index (χ2n) is 4.83. The number of nitrogens with zero attached hydrogens (tertiary/aromatic N) is 2. The van der Waals surface area contributed by atoms with Gasteiger partial charge in [-0.15, -0.1) is 11.3 Å². The van der Waals surface area contributed by atoms with Crippen molar-refractivity contribution in [2.75, 3.05) is 6.54 Å². The molecule has 0 aliphatic carbocycles. The molecule has 0 amide bonds. The van der Waals surface area contributed by atoms with E-state index in [4.69, 9.17) is 0 Å². The van der Waals surface area contributed by atoms with Crippen LogP contribution in [0.25, 0.3) is 10.6 Å². The molecule has 0 saturated heterocycles. The van der Waals surface area contributed by atoms with Crippen LogP contribution < -0.4 is 5.32 Å². The molecule has 0 aliphatic heterocycles. The molecule has 0 fully saturated rings. The third-order valence-corrected chi connectivity index (χ3v) is 4.27. The molecule has 0 aromatic carbocycles. The number of rotatable bonds is 5. The minimum Gasteiger partial charge on any atom is -0.312 e. The van der Waals surface area contributed by atoms with Crippen molar-refractivity contribution < 1.29 is 0 Å². The van der Waals surface area contributed by atoms with Crippen LogP contribution in [0.2, 0.25) is 0 Å². The molecule has 2 aromatic rings. The number of hydrogen-bond donors (Lipinski definition) is 1. The Labute approximate surface area is 120 Å². The Kier molecular flexibility index (Phi) is 4.59. The highest BCUT2D eigenvalue weighted by atomic mass is 79.9. The summed E-state index contributed by atoms with van der Waals surface area (Å²) >= 11 is 5.21. The third-order valence-electron chi connectivity index (χ3n) is 2.57. The van der Waals surface area contributed by atoms with E-state index in [2.05, 4.69) is 57.8 Å². The molecular weight excluding hydrogens is 310 g/mol. The van der Waals surface area contributed by atoms with Crippen molar-refractivity contribution in [3.8, 4) is 10.6 Å². The van der Waals surface area contributed by atoms with Crippen LogP contribution in [-0.4, -0.2) is 16.3 Å². The maximum absolute atomic E-state index is 4.56. The first-order chi connectivity index (χ1) is 8.56. The maximum atomic E-state index is 4.56. The van der Waals surface area contributed by atoms with Gasteiger partial charge in [-0.1, -0.05) is 13.8 Å². The number of hydrogen-bond acceptors (Lipinski definition) is 3. The van der Waals surface area contributed by atoms with E-state index in [1.54, 1.807) is 11.3 Å². The predicted molar refractivity (Wildman–Crippen MR) is 80.8 cm³/mol. The molecule has 3 nitrogen and oxygen atoms in total. The molecule has 0 spiro atoms. The predicted octanol–water partition coefficient (Wildman–Crippen LogP) is 3.66. The van der Waals surface area contributed by atoms with Crippen LogP contribution in [0.4, 0.5) is 0 Å². The van der Waals surface area contributed by atoms with E-state index in [1.807, 2.05) is 11.7 Å². The van der Waals surface area contributed by atoms with Crippen LogP contribution in [0.1, 0.15) is 19.4 Å². The SMILES string of the molecule is CC(C)CNCc1cn(C)nc1-c1cc(Br)cs1. The number of halogens is 1. The van der Waals surface area contributed by atoms with E-state index < -0.39 is 0 Å². The quantitative estimate of drug-likeness (QED) is 0.908. The molecule has 98 valence electrons. The highest BCUT2D eigenvalue weighted by Gasteiger charge is 2.11. The highest BCUT2D eigenvalue weighted by Crippen LogP contribution is 2.30. The largest absolute Gasteiger partial charge is 0.312 e. The first-order valence-electron chi connectivity index (χ1n) is 6.04. The third kappa shape index (κ3) is 3.43. The van der Waals surface area contributed by atoms with Crippen LogP contribution >= 0.6 is 27.3 Å².